The van der Waals surface area contributed by atoms with E-state index in [0.29, 0.717) is 22.0 Å². The van der Waals surface area contributed by atoms with Crippen LogP contribution in [-0.4, -0.2) is 30.2 Å². The van der Waals surface area contributed by atoms with Gasteiger partial charge < -0.3 is 0 Å². The summed E-state index contributed by atoms with van der Waals surface area (Å²) in [6, 6.07) is 18.2. The van der Waals surface area contributed by atoms with E-state index >= 15 is 0 Å². The first-order valence-electron chi connectivity index (χ1n) is 9.78. The average Bonchev–Trinajstić information content (AvgIpc) is 3.44. The van der Waals surface area contributed by atoms with Gasteiger partial charge in [0.15, 0.2) is 0 Å². The summed E-state index contributed by atoms with van der Waals surface area (Å²) in [5.41, 5.74) is 2.44. The fourth-order valence-corrected chi connectivity index (χ4v) is 4.08. The minimum Gasteiger partial charge on any atom is -0.284 e. The van der Waals surface area contributed by atoms with Crippen LogP contribution in [0.2, 0.25) is 5.02 Å². The van der Waals surface area contributed by atoms with Gasteiger partial charge in [0.05, 0.1) is 10.6 Å². The monoisotopic (exact) mass is 461 g/mol. The van der Waals surface area contributed by atoms with Crippen LogP contribution in [0.25, 0.3) is 11.5 Å². The van der Waals surface area contributed by atoms with Crippen molar-refractivity contribution >= 4 is 34.5 Å². The van der Waals surface area contributed by atoms with Crippen LogP contribution in [0, 0.1) is 6.92 Å². The van der Waals surface area contributed by atoms with E-state index in [2.05, 4.69) is 15.2 Å². The van der Waals surface area contributed by atoms with Crippen molar-refractivity contribution in [2.45, 2.75) is 13.3 Å². The molecule has 7 nitrogen and oxygen atoms in total. The zero-order valence-electron chi connectivity index (χ0n) is 16.9. The first-order chi connectivity index (χ1) is 15.5. The highest BCUT2D eigenvalue weighted by Crippen LogP contribution is 2.19. The molecule has 5 rings (SSSR count). The zero-order valence-corrected chi connectivity index (χ0v) is 18.5. The van der Waals surface area contributed by atoms with E-state index < -0.39 is 5.56 Å². The molecule has 5 aromatic rings. The average molecular weight is 462 g/mol. The number of benzene rings is 2. The molecule has 0 amide bonds. The van der Waals surface area contributed by atoms with Gasteiger partial charge in [0.1, 0.15) is 5.69 Å². The van der Waals surface area contributed by atoms with E-state index in [0.717, 1.165) is 11.1 Å². The molecule has 3 heterocycles. The predicted molar refractivity (Wildman–Crippen MR) is 123 cm³/mol. The predicted octanol–water partition coefficient (Wildman–Crippen LogP) is 4.12. The number of carbonyl (C=O) groups is 1. The summed E-state index contributed by atoms with van der Waals surface area (Å²) in [5, 5.41) is 11.4. The Morgan fingerprint density at radius 3 is 2.47 bits per heavy atom. The third kappa shape index (κ3) is 3.74. The first-order valence-corrected chi connectivity index (χ1v) is 11.0. The minimum absolute atomic E-state index is 0.0788. The van der Waals surface area contributed by atoms with Crippen LogP contribution >= 0.6 is 22.9 Å². The highest BCUT2D eigenvalue weighted by atomic mass is 35.5. The molecular formula is C23H16ClN5O2S. The molecule has 3 aromatic heterocycles. The molecule has 0 spiro atoms. The lowest BCUT2D eigenvalue weighted by molar-refractivity contribution is 0.103. The van der Waals surface area contributed by atoms with Crippen molar-refractivity contribution in [3.8, 4) is 5.69 Å². The minimum atomic E-state index is -0.462. The Morgan fingerprint density at radius 2 is 1.78 bits per heavy atom. The summed E-state index contributed by atoms with van der Waals surface area (Å²) < 4.78 is 2.78. The maximum Gasteiger partial charge on any atom is 0.296 e. The van der Waals surface area contributed by atoms with Crippen molar-refractivity contribution in [1.82, 2.24) is 24.4 Å². The molecule has 0 unspecified atom stereocenters. The van der Waals surface area contributed by atoms with Crippen LogP contribution in [0.5, 0.6) is 0 Å². The molecule has 158 valence electrons. The summed E-state index contributed by atoms with van der Waals surface area (Å²) in [6.07, 6.45) is 0.299. The third-order valence-corrected chi connectivity index (χ3v) is 6.08. The lowest BCUT2D eigenvalue weighted by atomic mass is 10.1. The van der Waals surface area contributed by atoms with Gasteiger partial charge in [0.25, 0.3) is 11.3 Å². The molecule has 32 heavy (non-hydrogen) atoms. The Labute approximate surface area is 191 Å². The van der Waals surface area contributed by atoms with Gasteiger partial charge in [-0.3, -0.25) is 9.59 Å². The number of aromatic nitrogens is 5. The van der Waals surface area contributed by atoms with Crippen molar-refractivity contribution in [2.75, 3.05) is 0 Å². The second-order valence-electron chi connectivity index (χ2n) is 7.26. The number of thiophene rings is 1. The maximum atomic E-state index is 13.2. The molecule has 0 radical (unpaired) electrons. The molecule has 2 aromatic carbocycles. The quantitative estimate of drug-likeness (QED) is 0.368. The maximum absolute atomic E-state index is 13.2. The number of carbonyl (C=O) groups excluding carboxylic acids is 1. The highest BCUT2D eigenvalue weighted by Gasteiger charge is 2.23. The Kier molecular flexibility index (Phi) is 5.16. The van der Waals surface area contributed by atoms with Crippen molar-refractivity contribution in [3.05, 3.63) is 109 Å². The third-order valence-electron chi connectivity index (χ3n) is 4.95. The number of nitrogens with zero attached hydrogens (tertiary/aromatic N) is 5. The van der Waals surface area contributed by atoms with Crippen LogP contribution < -0.4 is 5.56 Å². The van der Waals surface area contributed by atoms with E-state index in [-0.39, 0.29) is 23.1 Å². The molecule has 0 N–H and O–H groups in total. The van der Waals surface area contributed by atoms with E-state index in [1.807, 2.05) is 36.6 Å². The van der Waals surface area contributed by atoms with Gasteiger partial charge in [-0.2, -0.15) is 19.3 Å². The molecule has 0 fully saturated rings. The standard InChI is InChI=1S/C23H16ClN5O2S/c1-14-4-6-15(7-5-14)13-18-22(31)25-23-28(17-10-8-16(24)9-11-17)27-21(29(23)26-18)20(30)19-3-2-12-32-19/h2-12H,13H2,1H3. The number of fused-ring (bicyclic) bond motifs is 1. The smallest absolute Gasteiger partial charge is 0.284 e. The first kappa shape index (κ1) is 20.3. The van der Waals surface area contributed by atoms with Crippen molar-refractivity contribution in [2.24, 2.45) is 0 Å². The Bertz CT molecular complexity index is 1490. The number of ketones is 1. The lowest BCUT2D eigenvalue weighted by Crippen LogP contribution is -2.21. The summed E-state index contributed by atoms with van der Waals surface area (Å²) in [4.78, 5) is 30.7. The largest absolute Gasteiger partial charge is 0.296 e. The van der Waals surface area contributed by atoms with Crippen molar-refractivity contribution in [3.63, 3.8) is 0 Å². The second kappa shape index (κ2) is 8.14. The molecule has 9 heteroatoms. The number of rotatable bonds is 5. The topological polar surface area (TPSA) is 82.2 Å². The summed E-state index contributed by atoms with van der Waals surface area (Å²) in [5.74, 6) is -0.0584. The summed E-state index contributed by atoms with van der Waals surface area (Å²) in [6.45, 7) is 2.00. The van der Waals surface area contributed by atoms with Crippen molar-refractivity contribution < 1.29 is 4.79 Å². The van der Waals surface area contributed by atoms with Crippen LogP contribution in [0.1, 0.15) is 32.3 Å². The number of hydrogen-bond acceptors (Lipinski definition) is 6. The molecule has 0 aliphatic carbocycles. The Morgan fingerprint density at radius 1 is 1.03 bits per heavy atom. The van der Waals surface area contributed by atoms with Crippen LogP contribution in [0.4, 0.5) is 0 Å². The van der Waals surface area contributed by atoms with Crippen LogP contribution in [0.15, 0.2) is 70.8 Å². The molecule has 0 saturated carbocycles. The number of halogens is 1. The molecule has 0 aliphatic rings. The molecular weight excluding hydrogens is 446 g/mol. The summed E-state index contributed by atoms with van der Waals surface area (Å²) in [7, 11) is 0. The second-order valence-corrected chi connectivity index (χ2v) is 8.64. The van der Waals surface area contributed by atoms with E-state index in [1.54, 1.807) is 36.4 Å². The van der Waals surface area contributed by atoms with Gasteiger partial charge in [0, 0.05) is 11.4 Å². The normalized spacial score (nSPS) is 11.2. The van der Waals surface area contributed by atoms with Gasteiger partial charge in [-0.1, -0.05) is 47.5 Å². The van der Waals surface area contributed by atoms with Gasteiger partial charge in [-0.25, -0.2) is 0 Å². The van der Waals surface area contributed by atoms with Gasteiger partial charge in [-0.05, 0) is 48.2 Å². The Hall–Kier alpha value is -3.62. The summed E-state index contributed by atoms with van der Waals surface area (Å²) >= 11 is 7.32. The molecule has 0 bridgehead atoms. The molecule has 0 aliphatic heterocycles. The number of hydrogen-bond donors (Lipinski definition) is 0. The van der Waals surface area contributed by atoms with Crippen molar-refractivity contribution in [1.29, 1.82) is 0 Å². The van der Waals surface area contributed by atoms with Gasteiger partial charge >= 0.3 is 0 Å². The Balaban J connectivity index is 1.69. The fourth-order valence-electron chi connectivity index (χ4n) is 3.30. The van der Waals surface area contributed by atoms with E-state index in [9.17, 15) is 9.59 Å². The lowest BCUT2D eigenvalue weighted by Gasteiger charge is -2.04. The van der Waals surface area contributed by atoms with Gasteiger partial charge in [0.2, 0.25) is 11.6 Å². The van der Waals surface area contributed by atoms with Gasteiger partial charge in [-0.15, -0.1) is 16.4 Å². The van der Waals surface area contributed by atoms with E-state index in [4.69, 9.17) is 11.6 Å². The van der Waals surface area contributed by atoms with E-state index in [1.165, 1.54) is 20.5 Å². The SMILES string of the molecule is Cc1ccc(Cc2nn3c(C(=O)c4cccs4)nn(-c4ccc(Cl)cc4)c3nc2=O)cc1. The van der Waals surface area contributed by atoms with Crippen LogP contribution in [-0.2, 0) is 6.42 Å². The van der Waals surface area contributed by atoms with Crippen LogP contribution in [0.3, 0.4) is 0 Å². The highest BCUT2D eigenvalue weighted by molar-refractivity contribution is 7.12. The molecule has 0 saturated heterocycles. The zero-order chi connectivity index (χ0) is 22.2. The molecule has 0 atom stereocenters. The number of aryl methyl sites for hydroxylation is 1. The fraction of sp³-hybridized carbons (Fsp3) is 0.0870.